The molecule has 0 aliphatic heterocycles. The fourth-order valence-corrected chi connectivity index (χ4v) is 1.21. The number of rotatable bonds is 6. The number of hydrogen-bond donors (Lipinski definition) is 0. The van der Waals surface area contributed by atoms with Gasteiger partial charge >= 0.3 is 0 Å². The molecule has 0 heterocycles. The second kappa shape index (κ2) is 21.6. The van der Waals surface area contributed by atoms with E-state index in [0.29, 0.717) is 17.6 Å². The molecule has 0 rings (SSSR count). The van der Waals surface area contributed by atoms with Crippen LogP contribution in [0.2, 0.25) is 0 Å². The van der Waals surface area contributed by atoms with Gasteiger partial charge in [-0.15, -0.1) is 0 Å². The van der Waals surface area contributed by atoms with E-state index in [4.69, 9.17) is 0 Å². The van der Waals surface area contributed by atoms with Crippen LogP contribution in [0, 0.1) is 5.41 Å². The molecule has 0 spiro atoms. The quantitative estimate of drug-likeness (QED) is 0.553. The third kappa shape index (κ3) is 32.7. The summed E-state index contributed by atoms with van der Waals surface area (Å²) >= 11 is 0. The van der Waals surface area contributed by atoms with E-state index in [2.05, 4.69) is 27.7 Å². The van der Waals surface area contributed by atoms with Gasteiger partial charge in [-0.2, -0.15) is 0 Å². The number of hydrogen-bond acceptors (Lipinski definition) is 2. The minimum Gasteiger partial charge on any atom is -0.300 e. The van der Waals surface area contributed by atoms with Gasteiger partial charge in [0.25, 0.3) is 0 Å². The average Bonchev–Trinajstić information content (AvgIpc) is 2.48. The molecule has 0 saturated heterocycles. The third-order valence-corrected chi connectivity index (χ3v) is 3.48. The van der Waals surface area contributed by atoms with E-state index in [0.717, 1.165) is 12.8 Å². The molecule has 0 saturated carbocycles. The van der Waals surface area contributed by atoms with Crippen LogP contribution in [0.25, 0.3) is 0 Å². The first-order valence-electron chi connectivity index (χ1n) is 8.71. The maximum absolute atomic E-state index is 10.4. The van der Waals surface area contributed by atoms with Crippen molar-refractivity contribution in [2.24, 2.45) is 5.41 Å². The van der Waals surface area contributed by atoms with Crippen LogP contribution in [-0.2, 0) is 9.59 Å². The molecule has 21 heavy (non-hydrogen) atoms. The summed E-state index contributed by atoms with van der Waals surface area (Å²) in [5, 5.41) is 0. The molecule has 0 fully saturated rings. The molecule has 0 aliphatic carbocycles. The third-order valence-electron chi connectivity index (χ3n) is 3.48. The smallest absolute Gasteiger partial charge is 0.132 e. The second-order valence-corrected chi connectivity index (χ2v) is 5.42. The van der Waals surface area contributed by atoms with Gasteiger partial charge in [0.1, 0.15) is 11.6 Å². The van der Waals surface area contributed by atoms with Crippen molar-refractivity contribution in [2.45, 2.75) is 108 Å². The highest BCUT2D eigenvalue weighted by atomic mass is 16.1. The van der Waals surface area contributed by atoms with E-state index in [9.17, 15) is 9.59 Å². The SMILES string of the molecule is CC.CC(C)=O.CCC(C)(CC)CC.CCCC(=O)CC. The van der Waals surface area contributed by atoms with Crippen molar-refractivity contribution in [3.8, 4) is 0 Å². The molecule has 2 heteroatoms. The lowest BCUT2D eigenvalue weighted by Crippen LogP contribution is -2.10. The van der Waals surface area contributed by atoms with Crippen molar-refractivity contribution in [3.05, 3.63) is 0 Å². The van der Waals surface area contributed by atoms with Crippen molar-refractivity contribution >= 4 is 11.6 Å². The average molecular weight is 303 g/mol. The molecule has 2 nitrogen and oxygen atoms in total. The predicted molar refractivity (Wildman–Crippen MR) is 96.9 cm³/mol. The molecule has 0 bridgehead atoms. The first-order valence-corrected chi connectivity index (χ1v) is 8.71. The Balaban J connectivity index is -0.000000102. The summed E-state index contributed by atoms with van der Waals surface area (Å²) in [6, 6.07) is 0. The van der Waals surface area contributed by atoms with Gasteiger partial charge < -0.3 is 4.79 Å². The molecule has 0 amide bonds. The number of carbonyl (C=O) groups is 2. The van der Waals surface area contributed by atoms with Gasteiger partial charge in [0.15, 0.2) is 0 Å². The van der Waals surface area contributed by atoms with E-state index in [1.165, 1.54) is 33.1 Å². The summed E-state index contributed by atoms with van der Waals surface area (Å²) in [5.74, 6) is 0.544. The summed E-state index contributed by atoms with van der Waals surface area (Å²) < 4.78 is 0. The minimum absolute atomic E-state index is 0.167. The number of carbonyl (C=O) groups excluding carboxylic acids is 2. The van der Waals surface area contributed by atoms with Crippen LogP contribution < -0.4 is 0 Å². The Kier molecular flexibility index (Phi) is 29.4. The topological polar surface area (TPSA) is 34.1 Å². The fourth-order valence-electron chi connectivity index (χ4n) is 1.21. The zero-order chi connectivity index (χ0) is 17.9. The maximum atomic E-state index is 10.4. The normalized spacial score (nSPS) is 9.05. The lowest BCUT2D eigenvalue weighted by Gasteiger charge is -2.23. The molecular weight excluding hydrogens is 260 g/mol. The Hall–Kier alpha value is -0.660. The lowest BCUT2D eigenvalue weighted by molar-refractivity contribution is -0.118. The molecule has 0 radical (unpaired) electrons. The molecule has 0 N–H and O–H groups in total. The first kappa shape index (κ1) is 28.5. The fraction of sp³-hybridized carbons (Fsp3) is 0.895. The van der Waals surface area contributed by atoms with Gasteiger partial charge in [-0.25, -0.2) is 0 Å². The molecule has 0 aromatic heterocycles. The van der Waals surface area contributed by atoms with Crippen LogP contribution in [0.3, 0.4) is 0 Å². The molecule has 0 unspecified atom stereocenters. The van der Waals surface area contributed by atoms with Crippen LogP contribution in [-0.4, -0.2) is 11.6 Å². The zero-order valence-electron chi connectivity index (χ0n) is 16.6. The largest absolute Gasteiger partial charge is 0.300 e. The predicted octanol–water partition coefficient (Wildman–Crippen LogP) is 6.61. The Morgan fingerprint density at radius 3 is 1.14 bits per heavy atom. The summed E-state index contributed by atoms with van der Waals surface area (Å²) in [6.07, 6.45) is 6.41. The van der Waals surface area contributed by atoms with Crippen LogP contribution in [0.1, 0.15) is 108 Å². The van der Waals surface area contributed by atoms with Crippen molar-refractivity contribution in [1.82, 2.24) is 0 Å². The van der Waals surface area contributed by atoms with Crippen LogP contribution >= 0.6 is 0 Å². The second-order valence-electron chi connectivity index (χ2n) is 5.42. The highest BCUT2D eigenvalue weighted by molar-refractivity contribution is 5.77. The molecule has 0 aromatic carbocycles. The summed E-state index contributed by atoms with van der Waals surface area (Å²) in [6.45, 7) is 20.1. The molecule has 0 aromatic rings. The standard InChI is InChI=1S/C8H18.C6H12O.C3H6O.C2H6/c1-5-8(4,6-2)7-3;1-3-5-6(7)4-2;1-3(2)4;1-2/h5-7H2,1-4H3;3-5H2,1-2H3;1-2H3;1-2H3. The van der Waals surface area contributed by atoms with Crippen molar-refractivity contribution < 1.29 is 9.59 Å². The van der Waals surface area contributed by atoms with E-state index >= 15 is 0 Å². The van der Waals surface area contributed by atoms with Gasteiger partial charge in [0, 0.05) is 12.8 Å². The summed E-state index contributed by atoms with van der Waals surface area (Å²) in [5.41, 5.74) is 0.625. The van der Waals surface area contributed by atoms with Crippen molar-refractivity contribution in [2.75, 3.05) is 0 Å². The van der Waals surface area contributed by atoms with Gasteiger partial charge in [0.05, 0.1) is 0 Å². The molecule has 0 aliphatic rings. The first-order chi connectivity index (χ1) is 9.72. The van der Waals surface area contributed by atoms with E-state index in [-0.39, 0.29) is 5.78 Å². The molecular formula is C19H42O2. The Bertz CT molecular complexity index is 203. The highest BCUT2D eigenvalue weighted by Crippen LogP contribution is 2.28. The van der Waals surface area contributed by atoms with E-state index < -0.39 is 0 Å². The highest BCUT2D eigenvalue weighted by Gasteiger charge is 2.15. The van der Waals surface area contributed by atoms with E-state index in [1.54, 1.807) is 0 Å². The minimum atomic E-state index is 0.167. The Morgan fingerprint density at radius 2 is 1.10 bits per heavy atom. The van der Waals surface area contributed by atoms with Gasteiger partial charge in [0.2, 0.25) is 0 Å². The van der Waals surface area contributed by atoms with Crippen LogP contribution in [0.5, 0.6) is 0 Å². The number of Topliss-reactive ketones (excluding diaryl/α,β-unsaturated/α-hetero) is 2. The van der Waals surface area contributed by atoms with E-state index in [1.807, 2.05) is 27.7 Å². The van der Waals surface area contributed by atoms with Gasteiger partial charge in [-0.1, -0.05) is 74.7 Å². The zero-order valence-corrected chi connectivity index (χ0v) is 16.6. The Morgan fingerprint density at radius 1 is 0.810 bits per heavy atom. The van der Waals surface area contributed by atoms with Crippen LogP contribution in [0.4, 0.5) is 0 Å². The molecule has 130 valence electrons. The summed E-state index contributed by atoms with van der Waals surface area (Å²) in [4.78, 5) is 19.9. The summed E-state index contributed by atoms with van der Waals surface area (Å²) in [7, 11) is 0. The van der Waals surface area contributed by atoms with Gasteiger partial charge in [-0.3, -0.25) is 4.79 Å². The number of ketones is 2. The monoisotopic (exact) mass is 302 g/mol. The van der Waals surface area contributed by atoms with Crippen molar-refractivity contribution in [3.63, 3.8) is 0 Å². The molecule has 0 atom stereocenters. The Labute approximate surface area is 135 Å². The van der Waals surface area contributed by atoms with Gasteiger partial charge in [-0.05, 0) is 25.7 Å². The van der Waals surface area contributed by atoms with Crippen molar-refractivity contribution in [1.29, 1.82) is 0 Å². The maximum Gasteiger partial charge on any atom is 0.132 e. The lowest BCUT2D eigenvalue weighted by atomic mass is 9.82. The van der Waals surface area contributed by atoms with Crippen LogP contribution in [0.15, 0.2) is 0 Å².